The molecule has 12 rings (SSSR count). The summed E-state index contributed by atoms with van der Waals surface area (Å²) in [5, 5.41) is 21.7. The Morgan fingerprint density at radius 1 is 0.355 bits per heavy atom. The number of benzene rings is 9. The molecule has 9 aromatic carbocycles. The normalized spacial score (nSPS) is 12.4. The number of fused-ring (bicyclic) bond motifs is 7. The van der Waals surface area contributed by atoms with Gasteiger partial charge in [-0.2, -0.15) is 10.5 Å². The standard InChI is InChI=1S/C56H34BN5/c58-35-37-19-23-39(24-20-37)41-27-29-52-48(31-41)57-49-32-42(40-25-21-38(36-59)22-26-40)28-30-53(49)61(44-13-5-2-6-14-44)55-34-45(33-54(56(55)57)60(52)43-11-3-1-4-12-43)62-50-17-9-7-15-46(50)47-16-8-10-18-51(47)62/h1-34H. The van der Waals surface area contributed by atoms with Gasteiger partial charge in [-0.05, 0) is 124 Å². The molecular formula is C56H34BN5. The molecule has 0 aliphatic carbocycles. The van der Waals surface area contributed by atoms with Crippen LogP contribution in [0.1, 0.15) is 11.1 Å². The van der Waals surface area contributed by atoms with Crippen molar-refractivity contribution in [1.29, 1.82) is 10.5 Å². The quantitative estimate of drug-likeness (QED) is 0.163. The van der Waals surface area contributed by atoms with Gasteiger partial charge in [0.1, 0.15) is 0 Å². The molecule has 0 unspecified atom stereocenters. The maximum atomic E-state index is 9.62. The average molecular weight is 788 g/mol. The third kappa shape index (κ3) is 5.41. The molecule has 286 valence electrons. The summed E-state index contributed by atoms with van der Waals surface area (Å²) in [6.45, 7) is -0.145. The first-order chi connectivity index (χ1) is 30.7. The molecule has 3 heterocycles. The zero-order valence-corrected chi connectivity index (χ0v) is 33.4. The van der Waals surface area contributed by atoms with Crippen LogP contribution in [0.25, 0.3) is 49.7 Å². The Morgan fingerprint density at radius 3 is 1.19 bits per heavy atom. The SMILES string of the molecule is N#Cc1ccc(-c2ccc3c(c2)B2c4cc(-c5ccc(C#N)cc5)ccc4N(c4ccccc4)c4cc(-n5c6ccccc6c6ccccc65)cc(c42)N3c2ccccc2)cc1. The summed E-state index contributed by atoms with van der Waals surface area (Å²) < 4.78 is 2.43. The molecule has 5 nitrogen and oxygen atoms in total. The molecule has 2 aliphatic heterocycles. The monoisotopic (exact) mass is 787 g/mol. The van der Waals surface area contributed by atoms with Crippen LogP contribution in [0.4, 0.5) is 34.1 Å². The zero-order chi connectivity index (χ0) is 41.3. The van der Waals surface area contributed by atoms with Gasteiger partial charge in [0.05, 0.1) is 40.0 Å². The van der Waals surface area contributed by atoms with Crippen molar-refractivity contribution in [1.82, 2.24) is 4.57 Å². The Morgan fingerprint density at radius 2 is 0.758 bits per heavy atom. The maximum absolute atomic E-state index is 9.62. The van der Waals surface area contributed by atoms with Gasteiger partial charge in [0.15, 0.2) is 0 Å². The van der Waals surface area contributed by atoms with E-state index in [0.717, 1.165) is 73.1 Å². The van der Waals surface area contributed by atoms with E-state index in [1.807, 2.05) is 48.5 Å². The summed E-state index contributed by atoms with van der Waals surface area (Å²) in [5.41, 5.74) is 19.1. The fraction of sp³-hybridized carbons (Fsp3) is 0. The van der Waals surface area contributed by atoms with Crippen LogP contribution in [-0.2, 0) is 0 Å². The third-order valence-corrected chi connectivity index (χ3v) is 12.6. The van der Waals surface area contributed by atoms with Crippen molar-refractivity contribution in [3.63, 3.8) is 0 Å². The second-order valence-corrected chi connectivity index (χ2v) is 16.0. The van der Waals surface area contributed by atoms with E-state index >= 15 is 0 Å². The van der Waals surface area contributed by atoms with Crippen molar-refractivity contribution in [2.24, 2.45) is 0 Å². The van der Waals surface area contributed by atoms with Gasteiger partial charge >= 0.3 is 0 Å². The van der Waals surface area contributed by atoms with Gasteiger partial charge in [-0.1, -0.05) is 121 Å². The van der Waals surface area contributed by atoms with E-state index in [1.165, 1.54) is 27.2 Å². The molecule has 0 spiro atoms. The lowest BCUT2D eigenvalue weighted by atomic mass is 9.33. The molecule has 1 aromatic heterocycles. The van der Waals surface area contributed by atoms with Crippen molar-refractivity contribution in [3.05, 3.63) is 217 Å². The first-order valence-corrected chi connectivity index (χ1v) is 20.8. The fourth-order valence-electron chi connectivity index (χ4n) is 9.86. The Balaban J connectivity index is 1.20. The highest BCUT2D eigenvalue weighted by atomic mass is 15.2. The number of nitrogens with zero attached hydrogens (tertiary/aromatic N) is 5. The summed E-state index contributed by atoms with van der Waals surface area (Å²) in [6, 6.07) is 77.7. The van der Waals surface area contributed by atoms with Crippen LogP contribution < -0.4 is 26.2 Å². The number of hydrogen-bond donors (Lipinski definition) is 0. The summed E-state index contributed by atoms with van der Waals surface area (Å²) in [7, 11) is 0. The molecule has 0 amide bonds. The minimum atomic E-state index is -0.145. The van der Waals surface area contributed by atoms with Gasteiger partial charge in [0.2, 0.25) is 0 Å². The predicted molar refractivity (Wildman–Crippen MR) is 255 cm³/mol. The molecule has 62 heavy (non-hydrogen) atoms. The molecular weight excluding hydrogens is 753 g/mol. The van der Waals surface area contributed by atoms with Crippen molar-refractivity contribution in [3.8, 4) is 40.1 Å². The second kappa shape index (κ2) is 14.0. The lowest BCUT2D eigenvalue weighted by Gasteiger charge is -2.44. The molecule has 0 saturated carbocycles. The van der Waals surface area contributed by atoms with E-state index in [4.69, 9.17) is 0 Å². The van der Waals surface area contributed by atoms with Gasteiger partial charge in [-0.3, -0.25) is 0 Å². The number of nitriles is 2. The van der Waals surface area contributed by atoms with Crippen molar-refractivity contribution >= 4 is 79.0 Å². The molecule has 0 atom stereocenters. The Labute approximate surface area is 359 Å². The highest BCUT2D eigenvalue weighted by molar-refractivity contribution is 7.00. The Kier molecular flexibility index (Phi) is 8.00. The smallest absolute Gasteiger partial charge is 0.252 e. The molecule has 0 radical (unpaired) electrons. The molecule has 0 N–H and O–H groups in total. The highest BCUT2D eigenvalue weighted by Gasteiger charge is 2.44. The van der Waals surface area contributed by atoms with Gasteiger partial charge in [0, 0.05) is 44.9 Å². The topological polar surface area (TPSA) is 59.0 Å². The number of aromatic nitrogens is 1. The third-order valence-electron chi connectivity index (χ3n) is 12.6. The predicted octanol–water partition coefficient (Wildman–Crippen LogP) is 11.9. The second-order valence-electron chi connectivity index (χ2n) is 16.0. The van der Waals surface area contributed by atoms with Crippen LogP contribution in [0.2, 0.25) is 0 Å². The van der Waals surface area contributed by atoms with E-state index < -0.39 is 0 Å². The van der Waals surface area contributed by atoms with E-state index in [1.54, 1.807) is 0 Å². The summed E-state index contributed by atoms with van der Waals surface area (Å²) in [4.78, 5) is 4.90. The minimum absolute atomic E-state index is 0.145. The molecule has 6 heteroatoms. The number of para-hydroxylation sites is 4. The fourth-order valence-corrected chi connectivity index (χ4v) is 9.86. The van der Waals surface area contributed by atoms with E-state index in [9.17, 15) is 10.5 Å². The van der Waals surface area contributed by atoms with E-state index in [0.29, 0.717) is 11.1 Å². The van der Waals surface area contributed by atoms with Gasteiger partial charge in [-0.15, -0.1) is 0 Å². The zero-order valence-electron chi connectivity index (χ0n) is 33.4. The Bertz CT molecular complexity index is 3260. The molecule has 2 aliphatic rings. The lowest BCUT2D eigenvalue weighted by Crippen LogP contribution is -2.61. The first kappa shape index (κ1) is 35.4. The molecule has 0 bridgehead atoms. The number of hydrogen-bond acceptors (Lipinski definition) is 4. The minimum Gasteiger partial charge on any atom is -0.311 e. The lowest BCUT2D eigenvalue weighted by molar-refractivity contribution is 1.16. The van der Waals surface area contributed by atoms with E-state index in [2.05, 4.69) is 184 Å². The number of rotatable bonds is 5. The van der Waals surface area contributed by atoms with Gasteiger partial charge in [0.25, 0.3) is 6.71 Å². The van der Waals surface area contributed by atoms with Crippen LogP contribution in [0.5, 0.6) is 0 Å². The van der Waals surface area contributed by atoms with Gasteiger partial charge < -0.3 is 14.4 Å². The van der Waals surface area contributed by atoms with Crippen molar-refractivity contribution < 1.29 is 0 Å². The molecule has 10 aromatic rings. The van der Waals surface area contributed by atoms with Crippen molar-refractivity contribution in [2.45, 2.75) is 0 Å². The summed E-state index contributed by atoms with van der Waals surface area (Å²) in [6.07, 6.45) is 0. The van der Waals surface area contributed by atoms with Crippen LogP contribution in [0, 0.1) is 22.7 Å². The van der Waals surface area contributed by atoms with Crippen LogP contribution in [-0.4, -0.2) is 11.3 Å². The summed E-state index contributed by atoms with van der Waals surface area (Å²) >= 11 is 0. The number of anilines is 6. The van der Waals surface area contributed by atoms with Crippen LogP contribution >= 0.6 is 0 Å². The molecule has 0 saturated heterocycles. The Hall–Kier alpha value is -8.58. The highest BCUT2D eigenvalue weighted by Crippen LogP contribution is 2.47. The van der Waals surface area contributed by atoms with Crippen molar-refractivity contribution in [2.75, 3.05) is 9.80 Å². The largest absolute Gasteiger partial charge is 0.311 e. The van der Waals surface area contributed by atoms with Gasteiger partial charge in [-0.25, -0.2) is 0 Å². The average Bonchev–Trinajstić information content (AvgIpc) is 3.68. The molecule has 0 fully saturated rings. The first-order valence-electron chi connectivity index (χ1n) is 20.8. The van der Waals surface area contributed by atoms with E-state index in [-0.39, 0.29) is 6.71 Å². The van der Waals surface area contributed by atoms with Crippen LogP contribution in [0.3, 0.4) is 0 Å². The maximum Gasteiger partial charge on any atom is 0.252 e. The summed E-state index contributed by atoms with van der Waals surface area (Å²) in [5.74, 6) is 0. The van der Waals surface area contributed by atoms with Crippen LogP contribution in [0.15, 0.2) is 206 Å².